The molecule has 0 atom stereocenters. The monoisotopic (exact) mass is 388 g/mol. The molecular weight excluding hydrogens is 368 g/mol. The highest BCUT2D eigenvalue weighted by molar-refractivity contribution is 6.31. The Morgan fingerprint density at radius 1 is 1.15 bits per heavy atom. The van der Waals surface area contributed by atoms with Crippen molar-refractivity contribution in [2.45, 2.75) is 20.8 Å². The Morgan fingerprint density at radius 3 is 2.52 bits per heavy atom. The fourth-order valence-corrected chi connectivity index (χ4v) is 2.69. The number of para-hydroxylation sites is 1. The first kappa shape index (κ1) is 20.5. The van der Waals surface area contributed by atoms with Gasteiger partial charge in [-0.2, -0.15) is 0 Å². The summed E-state index contributed by atoms with van der Waals surface area (Å²) in [7, 11) is 0. The quantitative estimate of drug-likeness (QED) is 0.763. The molecule has 2 rings (SSSR count). The lowest BCUT2D eigenvalue weighted by Crippen LogP contribution is -2.37. The molecular formula is C20H21ClN2O4. The number of anilines is 2. The van der Waals surface area contributed by atoms with Crippen molar-refractivity contribution >= 4 is 40.8 Å². The summed E-state index contributed by atoms with van der Waals surface area (Å²) >= 11 is 5.97. The van der Waals surface area contributed by atoms with E-state index >= 15 is 0 Å². The summed E-state index contributed by atoms with van der Waals surface area (Å²) in [6, 6.07) is 11.7. The Bertz CT molecular complexity index is 867. The first-order valence-corrected chi connectivity index (χ1v) is 8.81. The van der Waals surface area contributed by atoms with Crippen LogP contribution in [0.25, 0.3) is 0 Å². The Balaban J connectivity index is 2.26. The second-order valence-electron chi connectivity index (χ2n) is 5.85. The molecule has 0 saturated heterocycles. The summed E-state index contributed by atoms with van der Waals surface area (Å²) in [5.74, 6) is -1.33. The number of halogens is 1. The summed E-state index contributed by atoms with van der Waals surface area (Å²) < 4.78 is 5.04. The van der Waals surface area contributed by atoms with Gasteiger partial charge in [-0.1, -0.05) is 29.8 Å². The van der Waals surface area contributed by atoms with Gasteiger partial charge in [0.2, 0.25) is 11.8 Å². The van der Waals surface area contributed by atoms with Crippen LogP contribution < -0.4 is 10.2 Å². The topological polar surface area (TPSA) is 75.7 Å². The molecule has 6 nitrogen and oxygen atoms in total. The Hall–Kier alpha value is -2.86. The normalized spacial score (nSPS) is 10.2. The van der Waals surface area contributed by atoms with E-state index in [1.807, 2.05) is 6.92 Å². The standard InChI is InChI=1S/C20H21ClN2O4/c1-4-27-20(26)16-7-5-6-8-18(16)23(14(3)24)12-19(25)22-17-11-15(21)10-9-13(17)2/h5-11H,4,12H2,1-3H3,(H,22,25). The van der Waals surface area contributed by atoms with Crippen molar-refractivity contribution in [1.82, 2.24) is 0 Å². The fourth-order valence-electron chi connectivity index (χ4n) is 2.52. The smallest absolute Gasteiger partial charge is 0.340 e. The first-order chi connectivity index (χ1) is 12.8. The van der Waals surface area contributed by atoms with Crippen molar-refractivity contribution in [3.63, 3.8) is 0 Å². The highest BCUT2D eigenvalue weighted by Crippen LogP contribution is 2.23. The number of esters is 1. The summed E-state index contributed by atoms with van der Waals surface area (Å²) in [5, 5.41) is 3.24. The zero-order valence-corrected chi connectivity index (χ0v) is 16.2. The largest absolute Gasteiger partial charge is 0.462 e. The second-order valence-corrected chi connectivity index (χ2v) is 6.29. The van der Waals surface area contributed by atoms with Gasteiger partial charge >= 0.3 is 5.97 Å². The number of hydrogen-bond donors (Lipinski definition) is 1. The number of hydrogen-bond acceptors (Lipinski definition) is 4. The van der Waals surface area contributed by atoms with Crippen LogP contribution in [-0.2, 0) is 14.3 Å². The van der Waals surface area contributed by atoms with E-state index in [0.29, 0.717) is 16.4 Å². The van der Waals surface area contributed by atoms with Gasteiger partial charge in [0.1, 0.15) is 6.54 Å². The number of rotatable bonds is 6. The third-order valence-corrected chi connectivity index (χ3v) is 4.08. The molecule has 2 aromatic rings. The van der Waals surface area contributed by atoms with Crippen molar-refractivity contribution < 1.29 is 19.1 Å². The van der Waals surface area contributed by atoms with Gasteiger partial charge in [0, 0.05) is 17.6 Å². The molecule has 0 aliphatic carbocycles. The Labute approximate surface area is 163 Å². The van der Waals surface area contributed by atoms with Crippen LogP contribution in [0.3, 0.4) is 0 Å². The van der Waals surface area contributed by atoms with Gasteiger partial charge in [0.15, 0.2) is 0 Å². The summed E-state index contributed by atoms with van der Waals surface area (Å²) in [6.45, 7) is 4.83. The van der Waals surface area contributed by atoms with E-state index in [2.05, 4.69) is 5.32 Å². The van der Waals surface area contributed by atoms with E-state index in [0.717, 1.165) is 5.56 Å². The number of aryl methyl sites for hydroxylation is 1. The maximum Gasteiger partial charge on any atom is 0.340 e. The molecule has 0 fully saturated rings. The van der Waals surface area contributed by atoms with Crippen LogP contribution in [0.15, 0.2) is 42.5 Å². The molecule has 0 aliphatic rings. The lowest BCUT2D eigenvalue weighted by atomic mass is 10.1. The van der Waals surface area contributed by atoms with Gasteiger partial charge in [-0.05, 0) is 43.7 Å². The van der Waals surface area contributed by atoms with Crippen LogP contribution in [0.2, 0.25) is 5.02 Å². The van der Waals surface area contributed by atoms with E-state index < -0.39 is 11.9 Å². The summed E-state index contributed by atoms with van der Waals surface area (Å²) in [4.78, 5) is 38.1. The lowest BCUT2D eigenvalue weighted by molar-refractivity contribution is -0.120. The predicted molar refractivity (Wildman–Crippen MR) is 105 cm³/mol. The molecule has 2 aromatic carbocycles. The fraction of sp³-hybridized carbons (Fsp3) is 0.250. The molecule has 2 amide bonds. The Morgan fingerprint density at radius 2 is 1.85 bits per heavy atom. The molecule has 7 heteroatoms. The number of nitrogens with zero attached hydrogens (tertiary/aromatic N) is 1. The number of carbonyl (C=O) groups excluding carboxylic acids is 3. The second kappa shape index (κ2) is 9.19. The van der Waals surface area contributed by atoms with E-state index in [1.54, 1.807) is 49.4 Å². The molecule has 0 bridgehead atoms. The van der Waals surface area contributed by atoms with Crippen LogP contribution in [0.1, 0.15) is 29.8 Å². The number of carbonyl (C=O) groups is 3. The van der Waals surface area contributed by atoms with Crippen LogP contribution in [0.4, 0.5) is 11.4 Å². The molecule has 0 saturated carbocycles. The molecule has 0 aliphatic heterocycles. The molecule has 0 aromatic heterocycles. The van der Waals surface area contributed by atoms with Gasteiger partial charge in [-0.3, -0.25) is 9.59 Å². The maximum atomic E-state index is 12.5. The minimum Gasteiger partial charge on any atom is -0.462 e. The highest BCUT2D eigenvalue weighted by Gasteiger charge is 2.22. The van der Waals surface area contributed by atoms with E-state index in [9.17, 15) is 14.4 Å². The van der Waals surface area contributed by atoms with Crippen molar-refractivity contribution in [2.75, 3.05) is 23.4 Å². The van der Waals surface area contributed by atoms with Gasteiger partial charge < -0.3 is 15.0 Å². The third kappa shape index (κ3) is 5.31. The van der Waals surface area contributed by atoms with Gasteiger partial charge in [-0.15, -0.1) is 0 Å². The van der Waals surface area contributed by atoms with Crippen molar-refractivity contribution in [2.24, 2.45) is 0 Å². The predicted octanol–water partition coefficient (Wildman–Crippen LogP) is 3.82. The van der Waals surface area contributed by atoms with Crippen LogP contribution in [0, 0.1) is 6.92 Å². The highest BCUT2D eigenvalue weighted by atomic mass is 35.5. The van der Waals surface area contributed by atoms with Crippen molar-refractivity contribution in [1.29, 1.82) is 0 Å². The molecule has 0 spiro atoms. The third-order valence-electron chi connectivity index (χ3n) is 3.85. The molecule has 0 heterocycles. The van der Waals surface area contributed by atoms with Crippen LogP contribution in [-0.4, -0.2) is 30.9 Å². The number of ether oxygens (including phenoxy) is 1. The molecule has 27 heavy (non-hydrogen) atoms. The van der Waals surface area contributed by atoms with Gasteiger partial charge in [0.05, 0.1) is 17.9 Å². The minimum absolute atomic E-state index is 0.210. The van der Waals surface area contributed by atoms with Gasteiger partial charge in [0.25, 0.3) is 0 Å². The summed E-state index contributed by atoms with van der Waals surface area (Å²) in [5.41, 5.74) is 1.95. The van der Waals surface area contributed by atoms with E-state index in [1.165, 1.54) is 11.8 Å². The van der Waals surface area contributed by atoms with Gasteiger partial charge in [-0.25, -0.2) is 4.79 Å². The average Bonchev–Trinajstić information content (AvgIpc) is 2.63. The van der Waals surface area contributed by atoms with E-state index in [4.69, 9.17) is 16.3 Å². The minimum atomic E-state index is -0.551. The SMILES string of the molecule is CCOC(=O)c1ccccc1N(CC(=O)Nc1cc(Cl)ccc1C)C(C)=O. The summed E-state index contributed by atoms with van der Waals surface area (Å²) in [6.07, 6.45) is 0. The van der Waals surface area contributed by atoms with Crippen molar-refractivity contribution in [3.05, 3.63) is 58.6 Å². The van der Waals surface area contributed by atoms with Crippen LogP contribution in [0.5, 0.6) is 0 Å². The van der Waals surface area contributed by atoms with Crippen molar-refractivity contribution in [3.8, 4) is 0 Å². The molecule has 0 unspecified atom stereocenters. The molecule has 1 N–H and O–H groups in total. The number of nitrogens with one attached hydrogen (secondary N) is 1. The number of benzene rings is 2. The molecule has 0 radical (unpaired) electrons. The zero-order chi connectivity index (χ0) is 20.0. The number of amides is 2. The average molecular weight is 389 g/mol. The zero-order valence-electron chi connectivity index (χ0n) is 15.4. The first-order valence-electron chi connectivity index (χ1n) is 8.43. The lowest BCUT2D eigenvalue weighted by Gasteiger charge is -2.23. The van der Waals surface area contributed by atoms with E-state index in [-0.39, 0.29) is 24.6 Å². The molecule has 142 valence electrons. The Kier molecular flexibility index (Phi) is 6.96. The maximum absolute atomic E-state index is 12.5. The van der Waals surface area contributed by atoms with Crippen LogP contribution >= 0.6 is 11.6 Å².